The summed E-state index contributed by atoms with van der Waals surface area (Å²) in [5.41, 5.74) is 6.04. The molecule has 230 valence electrons. The summed E-state index contributed by atoms with van der Waals surface area (Å²) in [7, 11) is -0.760. The zero-order valence-corrected chi connectivity index (χ0v) is 27.4. The SMILES string of the molecule is CC(C)c1cc(C(C)C)c(-c2cccc(C(CCc3c(F)c(F)c(F)c(F)c3F)P(C(C)C)C(C)C)n2)c(C(C)C)c1. The molecule has 0 saturated heterocycles. The molecule has 3 rings (SSSR count). The second-order valence-electron chi connectivity index (χ2n) is 12.7. The lowest BCUT2D eigenvalue weighted by molar-refractivity contribution is 0.369. The molecule has 7 heteroatoms. The fourth-order valence-corrected chi connectivity index (χ4v) is 9.45. The maximum Gasteiger partial charge on any atom is 0.200 e. The van der Waals surface area contributed by atoms with E-state index in [-0.39, 0.29) is 41.7 Å². The highest BCUT2D eigenvalue weighted by Crippen LogP contribution is 2.60. The first-order valence-corrected chi connectivity index (χ1v) is 16.6. The first-order chi connectivity index (χ1) is 19.6. The quantitative estimate of drug-likeness (QED) is 0.0917. The molecular weight excluding hydrogens is 560 g/mol. The van der Waals surface area contributed by atoms with Crippen molar-refractivity contribution in [3.63, 3.8) is 0 Å². The van der Waals surface area contributed by atoms with Crippen LogP contribution in [0.5, 0.6) is 0 Å². The monoisotopic (exact) mass is 605 g/mol. The van der Waals surface area contributed by atoms with E-state index in [1.807, 2.05) is 18.2 Å². The van der Waals surface area contributed by atoms with Gasteiger partial charge in [-0.1, -0.05) is 95.4 Å². The molecule has 1 nitrogen and oxygen atoms in total. The molecule has 0 radical (unpaired) electrons. The van der Waals surface area contributed by atoms with Gasteiger partial charge < -0.3 is 0 Å². The first kappa shape index (κ1) is 34.2. The van der Waals surface area contributed by atoms with Crippen LogP contribution in [0.25, 0.3) is 11.3 Å². The van der Waals surface area contributed by atoms with E-state index >= 15 is 0 Å². The minimum Gasteiger partial charge on any atom is -0.252 e. The molecule has 2 aromatic carbocycles. The summed E-state index contributed by atoms with van der Waals surface area (Å²) >= 11 is 0. The summed E-state index contributed by atoms with van der Waals surface area (Å²) in [6, 6.07) is 10.5. The summed E-state index contributed by atoms with van der Waals surface area (Å²) < 4.78 is 71.1. The van der Waals surface area contributed by atoms with Gasteiger partial charge in [0.05, 0.1) is 5.69 Å². The van der Waals surface area contributed by atoms with Gasteiger partial charge in [-0.3, -0.25) is 4.98 Å². The van der Waals surface area contributed by atoms with Crippen LogP contribution in [-0.4, -0.2) is 16.3 Å². The average molecular weight is 606 g/mol. The molecule has 0 aliphatic rings. The lowest BCUT2D eigenvalue weighted by atomic mass is 9.83. The van der Waals surface area contributed by atoms with Gasteiger partial charge in [-0.25, -0.2) is 22.0 Å². The smallest absolute Gasteiger partial charge is 0.200 e. The molecule has 1 atom stereocenters. The van der Waals surface area contributed by atoms with Crippen molar-refractivity contribution in [2.75, 3.05) is 0 Å². The number of aromatic nitrogens is 1. The van der Waals surface area contributed by atoms with E-state index in [0.29, 0.717) is 5.92 Å². The van der Waals surface area contributed by atoms with E-state index in [0.717, 1.165) is 17.0 Å². The van der Waals surface area contributed by atoms with Crippen molar-refractivity contribution in [2.24, 2.45) is 0 Å². The molecule has 0 aliphatic carbocycles. The Hall–Kier alpha value is -2.33. The van der Waals surface area contributed by atoms with Crippen LogP contribution in [0.3, 0.4) is 0 Å². The second kappa shape index (κ2) is 14.0. The Morgan fingerprint density at radius 2 is 1.12 bits per heavy atom. The minimum atomic E-state index is -2.13. The largest absolute Gasteiger partial charge is 0.252 e. The maximum atomic E-state index is 14.7. The van der Waals surface area contributed by atoms with Crippen molar-refractivity contribution in [1.29, 1.82) is 0 Å². The van der Waals surface area contributed by atoms with Crippen LogP contribution in [0.2, 0.25) is 0 Å². The number of hydrogen-bond donors (Lipinski definition) is 0. The Morgan fingerprint density at radius 1 is 0.643 bits per heavy atom. The van der Waals surface area contributed by atoms with Gasteiger partial charge >= 0.3 is 0 Å². The number of benzene rings is 2. The molecule has 0 amide bonds. The summed E-state index contributed by atoms with van der Waals surface area (Å²) in [4.78, 5) is 5.22. The van der Waals surface area contributed by atoms with Crippen molar-refractivity contribution in [1.82, 2.24) is 4.98 Å². The summed E-state index contributed by atoms with van der Waals surface area (Å²) in [6.07, 6.45) is -0.0601. The van der Waals surface area contributed by atoms with Gasteiger partial charge in [-0.15, -0.1) is 0 Å². The first-order valence-electron chi connectivity index (χ1n) is 15.0. The predicted octanol–water partition coefficient (Wildman–Crippen LogP) is 11.8. The van der Waals surface area contributed by atoms with Gasteiger partial charge in [0.25, 0.3) is 0 Å². The van der Waals surface area contributed by atoms with Crippen LogP contribution in [-0.2, 0) is 6.42 Å². The van der Waals surface area contributed by atoms with E-state index in [2.05, 4.69) is 81.4 Å². The summed E-state index contributed by atoms with van der Waals surface area (Å²) in [5, 5.41) is 0. The van der Waals surface area contributed by atoms with Crippen molar-refractivity contribution in [3.05, 3.63) is 87.4 Å². The Bertz CT molecular complexity index is 1330. The van der Waals surface area contributed by atoms with Gasteiger partial charge in [0.15, 0.2) is 23.3 Å². The highest BCUT2D eigenvalue weighted by Gasteiger charge is 2.32. The molecule has 1 aromatic heterocycles. The molecule has 0 saturated carbocycles. The van der Waals surface area contributed by atoms with E-state index in [4.69, 9.17) is 4.98 Å². The zero-order valence-electron chi connectivity index (χ0n) is 26.5. The van der Waals surface area contributed by atoms with Gasteiger partial charge in [0.2, 0.25) is 5.82 Å². The van der Waals surface area contributed by atoms with Gasteiger partial charge in [-0.2, -0.15) is 0 Å². The fourth-order valence-electron chi connectivity index (χ4n) is 5.94. The van der Waals surface area contributed by atoms with Crippen LogP contribution in [0, 0.1) is 29.1 Å². The van der Waals surface area contributed by atoms with Crippen molar-refractivity contribution >= 4 is 7.92 Å². The second-order valence-corrected chi connectivity index (χ2v) is 16.3. The molecule has 0 fully saturated rings. The lowest BCUT2D eigenvalue weighted by Crippen LogP contribution is -2.15. The van der Waals surface area contributed by atoms with Crippen molar-refractivity contribution in [3.8, 4) is 11.3 Å². The Kier molecular flexibility index (Phi) is 11.4. The summed E-state index contributed by atoms with van der Waals surface area (Å²) in [5.74, 6) is -8.54. The molecule has 0 aliphatic heterocycles. The highest BCUT2D eigenvalue weighted by molar-refractivity contribution is 7.59. The number of nitrogens with zero attached hydrogens (tertiary/aromatic N) is 1. The minimum absolute atomic E-state index is 0.199. The van der Waals surface area contributed by atoms with E-state index in [9.17, 15) is 22.0 Å². The number of rotatable bonds is 11. The number of hydrogen-bond acceptors (Lipinski definition) is 1. The van der Waals surface area contributed by atoms with E-state index in [1.165, 1.54) is 16.7 Å². The third kappa shape index (κ3) is 7.07. The van der Waals surface area contributed by atoms with Gasteiger partial charge in [0.1, 0.15) is 0 Å². The van der Waals surface area contributed by atoms with Crippen LogP contribution in [0.1, 0.15) is 127 Å². The van der Waals surface area contributed by atoms with Crippen LogP contribution in [0.4, 0.5) is 22.0 Å². The third-order valence-electron chi connectivity index (χ3n) is 8.02. The van der Waals surface area contributed by atoms with E-state index in [1.54, 1.807) is 0 Å². The van der Waals surface area contributed by atoms with Crippen LogP contribution >= 0.6 is 7.92 Å². The normalized spacial score (nSPS) is 13.1. The number of pyridine rings is 1. The molecule has 0 spiro atoms. The zero-order chi connectivity index (χ0) is 31.6. The molecule has 3 aromatic rings. The lowest BCUT2D eigenvalue weighted by Gasteiger charge is -2.34. The highest BCUT2D eigenvalue weighted by atomic mass is 31.1. The van der Waals surface area contributed by atoms with E-state index < -0.39 is 42.6 Å². The standard InChI is InChI=1S/C35H45F5NP/c1-18(2)23-16-25(19(3)4)30(26(17-23)20(5)6)28-13-11-12-27(41-28)29(42(21(7)8)22(9)10)15-14-24-31(36)33(38)35(40)34(39)32(24)37/h11-13,16-22,29H,14-15H2,1-10H3. The average Bonchev–Trinajstić information content (AvgIpc) is 2.92. The predicted molar refractivity (Wildman–Crippen MR) is 166 cm³/mol. The van der Waals surface area contributed by atoms with Gasteiger partial charge in [-0.05, 0) is 70.7 Å². The topological polar surface area (TPSA) is 12.9 Å². The van der Waals surface area contributed by atoms with Gasteiger partial charge in [0, 0.05) is 22.5 Å². The van der Waals surface area contributed by atoms with Crippen molar-refractivity contribution in [2.45, 2.75) is 117 Å². The molecular formula is C35H45F5NP. The number of halogens is 5. The molecule has 42 heavy (non-hydrogen) atoms. The molecule has 0 bridgehead atoms. The third-order valence-corrected chi connectivity index (χ3v) is 11.6. The van der Waals surface area contributed by atoms with Crippen LogP contribution < -0.4 is 0 Å². The Balaban J connectivity index is 2.21. The molecule has 1 heterocycles. The summed E-state index contributed by atoms with van der Waals surface area (Å²) in [6.45, 7) is 21.6. The fraction of sp³-hybridized carbons (Fsp3) is 0.514. The molecule has 1 unspecified atom stereocenters. The Labute approximate surface area is 250 Å². The van der Waals surface area contributed by atoms with Crippen molar-refractivity contribution < 1.29 is 22.0 Å². The van der Waals surface area contributed by atoms with Crippen LogP contribution in [0.15, 0.2) is 30.3 Å². The molecule has 0 N–H and O–H groups in total. The Morgan fingerprint density at radius 3 is 1.55 bits per heavy atom. The maximum absolute atomic E-state index is 14.7.